The molecule has 0 aromatic heterocycles. The summed E-state index contributed by atoms with van der Waals surface area (Å²) in [7, 11) is 0. The zero-order chi connectivity index (χ0) is 48.1. The molecular weight excluding hydrogens is 869 g/mol. The third kappa shape index (κ3) is 9.09. The molecule has 0 bridgehead atoms. The van der Waals surface area contributed by atoms with Crippen molar-refractivity contribution < 1.29 is 0 Å². The lowest BCUT2D eigenvalue weighted by molar-refractivity contribution is 1.28. The molecule has 0 spiro atoms. The monoisotopic (exact) mass is 918 g/mol. The van der Waals surface area contributed by atoms with E-state index in [1.807, 2.05) is 0 Å². The molecule has 12 rings (SSSR count). The summed E-state index contributed by atoms with van der Waals surface area (Å²) in [6.07, 6.45) is 0. The zero-order valence-electron chi connectivity index (χ0n) is 39.8. The lowest BCUT2D eigenvalue weighted by Crippen LogP contribution is -2.10. The Bertz CT molecular complexity index is 3660. The minimum atomic E-state index is 1.07. The SMILES string of the molecule is c1ccc(-c2ccc(-c3ccc(N(c4ccc(-c5ccc(N(c6ccc(-c7ccccc7)cc6)c6cc(-c7ccccc7)cc(-c7ccccc7)c6)cc5)cc4)c4cccc5ccccc45)cc3)cc2)cc1. The molecule has 0 saturated heterocycles. The highest BCUT2D eigenvalue weighted by Gasteiger charge is 2.19. The number of hydrogen-bond acceptors (Lipinski definition) is 2. The molecule has 2 heteroatoms. The highest BCUT2D eigenvalue weighted by Crippen LogP contribution is 2.43. The van der Waals surface area contributed by atoms with Crippen molar-refractivity contribution in [2.24, 2.45) is 0 Å². The van der Waals surface area contributed by atoms with Gasteiger partial charge in [0.05, 0.1) is 5.69 Å². The van der Waals surface area contributed by atoms with Crippen molar-refractivity contribution in [3.63, 3.8) is 0 Å². The summed E-state index contributed by atoms with van der Waals surface area (Å²) in [5.74, 6) is 0. The van der Waals surface area contributed by atoms with Gasteiger partial charge in [0.1, 0.15) is 0 Å². The van der Waals surface area contributed by atoms with Crippen molar-refractivity contribution in [1.29, 1.82) is 0 Å². The summed E-state index contributed by atoms with van der Waals surface area (Å²) >= 11 is 0. The van der Waals surface area contributed by atoms with Gasteiger partial charge in [0.15, 0.2) is 0 Å². The van der Waals surface area contributed by atoms with Crippen molar-refractivity contribution in [3.8, 4) is 66.8 Å². The molecule has 0 heterocycles. The summed E-state index contributed by atoms with van der Waals surface area (Å²) in [4.78, 5) is 4.76. The van der Waals surface area contributed by atoms with Crippen molar-refractivity contribution in [3.05, 3.63) is 303 Å². The van der Waals surface area contributed by atoms with Crippen molar-refractivity contribution >= 4 is 44.9 Å². The van der Waals surface area contributed by atoms with Crippen LogP contribution in [-0.4, -0.2) is 0 Å². The van der Waals surface area contributed by atoms with Crippen LogP contribution < -0.4 is 9.80 Å². The van der Waals surface area contributed by atoms with Crippen LogP contribution in [-0.2, 0) is 0 Å². The maximum atomic E-state index is 2.38. The first-order valence-electron chi connectivity index (χ1n) is 24.6. The average molecular weight is 919 g/mol. The van der Waals surface area contributed by atoms with E-state index in [4.69, 9.17) is 0 Å². The van der Waals surface area contributed by atoms with E-state index in [0.717, 1.165) is 56.4 Å². The van der Waals surface area contributed by atoms with E-state index in [9.17, 15) is 0 Å². The van der Waals surface area contributed by atoms with Crippen LogP contribution >= 0.6 is 0 Å². The predicted octanol–water partition coefficient (Wildman–Crippen LogP) is 19.8. The van der Waals surface area contributed by atoms with Crippen LogP contribution in [0.5, 0.6) is 0 Å². The Hall–Kier alpha value is -9.50. The van der Waals surface area contributed by atoms with Gasteiger partial charge in [0.2, 0.25) is 0 Å². The van der Waals surface area contributed by atoms with Gasteiger partial charge in [-0.2, -0.15) is 0 Å². The van der Waals surface area contributed by atoms with Gasteiger partial charge in [-0.25, -0.2) is 0 Å². The molecule has 340 valence electrons. The quantitative estimate of drug-likeness (QED) is 0.120. The number of fused-ring (bicyclic) bond motifs is 1. The average Bonchev–Trinajstić information content (AvgIpc) is 3.47. The smallest absolute Gasteiger partial charge is 0.0540 e. The fourth-order valence-electron chi connectivity index (χ4n) is 9.94. The second-order valence-corrected chi connectivity index (χ2v) is 18.2. The van der Waals surface area contributed by atoms with Gasteiger partial charge in [-0.05, 0) is 145 Å². The van der Waals surface area contributed by atoms with Crippen molar-refractivity contribution in [2.45, 2.75) is 0 Å². The van der Waals surface area contributed by atoms with Crippen LogP contribution in [0.2, 0.25) is 0 Å². The summed E-state index contributed by atoms with van der Waals surface area (Å²) in [5.41, 5.74) is 20.7. The van der Waals surface area contributed by atoms with E-state index in [1.54, 1.807) is 0 Å². The van der Waals surface area contributed by atoms with Crippen molar-refractivity contribution in [1.82, 2.24) is 0 Å². The summed E-state index contributed by atoms with van der Waals surface area (Å²) in [6, 6.07) is 109. The van der Waals surface area contributed by atoms with Gasteiger partial charge >= 0.3 is 0 Å². The molecule has 0 radical (unpaired) electrons. The number of nitrogens with zero attached hydrogens (tertiary/aromatic N) is 2. The predicted molar refractivity (Wildman–Crippen MR) is 306 cm³/mol. The van der Waals surface area contributed by atoms with Crippen LogP contribution in [0.25, 0.3) is 77.5 Å². The van der Waals surface area contributed by atoms with E-state index in [1.165, 1.54) is 55.3 Å². The number of hydrogen-bond donors (Lipinski definition) is 0. The molecule has 0 unspecified atom stereocenters. The van der Waals surface area contributed by atoms with Gasteiger partial charge in [-0.15, -0.1) is 0 Å². The van der Waals surface area contributed by atoms with Crippen LogP contribution in [0.1, 0.15) is 0 Å². The molecule has 0 aliphatic carbocycles. The normalized spacial score (nSPS) is 11.1. The van der Waals surface area contributed by atoms with E-state index in [2.05, 4.69) is 313 Å². The highest BCUT2D eigenvalue weighted by molar-refractivity contribution is 5.99. The molecule has 0 atom stereocenters. The highest BCUT2D eigenvalue weighted by atomic mass is 15.1. The first kappa shape index (κ1) is 43.8. The second kappa shape index (κ2) is 19.8. The van der Waals surface area contributed by atoms with E-state index in [-0.39, 0.29) is 0 Å². The summed E-state index contributed by atoms with van der Waals surface area (Å²) in [6.45, 7) is 0. The molecule has 0 aliphatic heterocycles. The standard InChI is InChI=1S/C70H50N2/c1-5-16-51(17-6-1)55-28-30-56(31-29-55)58-36-44-66(45-37-58)72(70-27-15-25-61-24-13-14-26-69(61)70)67-46-38-60(39-47-67)59-34-42-65(43-35-59)71(64-40-32-57(33-41-64)52-18-7-2-8-19-52)68-49-62(53-20-9-3-10-21-53)48-63(50-68)54-22-11-4-12-23-54/h1-50H. The zero-order valence-corrected chi connectivity index (χ0v) is 39.8. The Kier molecular flexibility index (Phi) is 12.1. The number of anilines is 6. The summed E-state index contributed by atoms with van der Waals surface area (Å²) < 4.78 is 0. The Morgan fingerprint density at radius 1 is 0.167 bits per heavy atom. The molecule has 0 fully saturated rings. The topological polar surface area (TPSA) is 6.48 Å². The third-order valence-electron chi connectivity index (χ3n) is 13.7. The van der Waals surface area contributed by atoms with Gasteiger partial charge in [0.25, 0.3) is 0 Å². The van der Waals surface area contributed by atoms with Gasteiger partial charge in [-0.1, -0.05) is 231 Å². The lowest BCUT2D eigenvalue weighted by atomic mass is 9.97. The molecule has 12 aromatic rings. The van der Waals surface area contributed by atoms with E-state index < -0.39 is 0 Å². The number of benzene rings is 12. The van der Waals surface area contributed by atoms with E-state index >= 15 is 0 Å². The Labute approximate surface area is 422 Å². The van der Waals surface area contributed by atoms with Crippen LogP contribution in [0.3, 0.4) is 0 Å². The first-order chi connectivity index (χ1) is 35.7. The lowest BCUT2D eigenvalue weighted by Gasteiger charge is -2.28. The molecular formula is C70H50N2. The van der Waals surface area contributed by atoms with Crippen LogP contribution in [0, 0.1) is 0 Å². The largest absolute Gasteiger partial charge is 0.310 e. The minimum absolute atomic E-state index is 1.07. The Balaban J connectivity index is 0.894. The Morgan fingerprint density at radius 3 is 0.819 bits per heavy atom. The maximum absolute atomic E-state index is 2.38. The molecule has 72 heavy (non-hydrogen) atoms. The van der Waals surface area contributed by atoms with Crippen LogP contribution in [0.4, 0.5) is 34.1 Å². The molecule has 12 aromatic carbocycles. The number of rotatable bonds is 12. The molecule has 0 saturated carbocycles. The Morgan fingerprint density at radius 2 is 0.444 bits per heavy atom. The van der Waals surface area contributed by atoms with Gasteiger partial charge < -0.3 is 9.80 Å². The van der Waals surface area contributed by atoms with E-state index in [0.29, 0.717) is 0 Å². The van der Waals surface area contributed by atoms with Crippen molar-refractivity contribution in [2.75, 3.05) is 9.80 Å². The maximum Gasteiger partial charge on any atom is 0.0540 e. The fourth-order valence-corrected chi connectivity index (χ4v) is 9.94. The first-order valence-corrected chi connectivity index (χ1v) is 24.6. The molecule has 2 nitrogen and oxygen atoms in total. The van der Waals surface area contributed by atoms with Gasteiger partial charge in [-0.3, -0.25) is 0 Å². The molecule has 0 aliphatic rings. The molecule has 0 N–H and O–H groups in total. The second-order valence-electron chi connectivity index (χ2n) is 18.2. The summed E-state index contributed by atoms with van der Waals surface area (Å²) in [5, 5.41) is 2.40. The third-order valence-corrected chi connectivity index (χ3v) is 13.7. The minimum Gasteiger partial charge on any atom is -0.310 e. The fraction of sp³-hybridized carbons (Fsp3) is 0. The van der Waals surface area contributed by atoms with Crippen LogP contribution in [0.15, 0.2) is 303 Å². The molecule has 0 amide bonds. The van der Waals surface area contributed by atoms with Gasteiger partial charge in [0, 0.05) is 33.8 Å².